The Hall–Kier alpha value is -1.09. The molecule has 0 spiro atoms. The van der Waals surface area contributed by atoms with E-state index in [0.29, 0.717) is 10.6 Å². The Morgan fingerprint density at radius 3 is 2.80 bits per heavy atom. The van der Waals surface area contributed by atoms with E-state index in [1.54, 1.807) is 13.0 Å². The summed E-state index contributed by atoms with van der Waals surface area (Å²) < 4.78 is 18.0. The van der Waals surface area contributed by atoms with Crippen molar-refractivity contribution in [1.29, 1.82) is 0 Å². The molecule has 0 aliphatic heterocycles. The van der Waals surface area contributed by atoms with Crippen LogP contribution in [0.3, 0.4) is 0 Å². The molecule has 82 valence electrons. The van der Waals surface area contributed by atoms with Gasteiger partial charge in [-0.25, -0.2) is 4.39 Å². The highest BCUT2D eigenvalue weighted by Crippen LogP contribution is 2.25. The second-order valence-electron chi connectivity index (χ2n) is 3.13. The van der Waals surface area contributed by atoms with Crippen molar-refractivity contribution in [1.82, 2.24) is 0 Å². The zero-order valence-corrected chi connectivity index (χ0v) is 9.34. The van der Waals surface area contributed by atoms with Crippen LogP contribution in [-0.4, -0.2) is 12.1 Å². The first-order valence-corrected chi connectivity index (χ1v) is 5.03. The number of alkyl halides is 1. The molecule has 2 nitrogen and oxygen atoms in total. The van der Waals surface area contributed by atoms with Crippen molar-refractivity contribution in [3.8, 4) is 5.75 Å². The van der Waals surface area contributed by atoms with Gasteiger partial charge in [-0.1, -0.05) is 18.5 Å². The fourth-order valence-electron chi connectivity index (χ4n) is 1.10. The van der Waals surface area contributed by atoms with Gasteiger partial charge in [0.2, 0.25) is 6.36 Å². The quantitative estimate of drug-likeness (QED) is 0.739. The van der Waals surface area contributed by atoms with Gasteiger partial charge in [0.05, 0.1) is 5.56 Å². The summed E-state index contributed by atoms with van der Waals surface area (Å²) in [6, 6.07) is 4.54. The Bertz CT molecular complexity index is 366. The van der Waals surface area contributed by atoms with Gasteiger partial charge in [0.1, 0.15) is 5.75 Å². The van der Waals surface area contributed by atoms with Gasteiger partial charge in [0.25, 0.3) is 0 Å². The van der Waals surface area contributed by atoms with Gasteiger partial charge >= 0.3 is 0 Å². The van der Waals surface area contributed by atoms with Crippen LogP contribution in [0.5, 0.6) is 5.75 Å². The summed E-state index contributed by atoms with van der Waals surface area (Å²) in [5.41, 5.74) is 0.304. The minimum absolute atomic E-state index is 0.198. The molecule has 0 aromatic heterocycles. The normalized spacial score (nSPS) is 12.3. The number of Topliss-reactive ketones (excluding diaryl/α,β-unsaturated/α-hetero) is 1. The number of halogens is 2. The number of benzene rings is 1. The van der Waals surface area contributed by atoms with Crippen LogP contribution in [0, 0.1) is 0 Å². The fraction of sp³-hybridized carbons (Fsp3) is 0.364. The Morgan fingerprint density at radius 1 is 1.60 bits per heavy atom. The minimum Gasteiger partial charge on any atom is -0.460 e. The molecule has 0 fully saturated rings. The second kappa shape index (κ2) is 5.12. The summed E-state index contributed by atoms with van der Waals surface area (Å²) in [7, 11) is 0. The van der Waals surface area contributed by atoms with E-state index in [2.05, 4.69) is 0 Å². The van der Waals surface area contributed by atoms with Crippen molar-refractivity contribution >= 4 is 17.4 Å². The summed E-state index contributed by atoms with van der Waals surface area (Å²) >= 11 is 5.73. The third-order valence-electron chi connectivity index (χ3n) is 1.90. The van der Waals surface area contributed by atoms with Crippen molar-refractivity contribution in [2.75, 3.05) is 0 Å². The molecule has 1 aromatic carbocycles. The molecule has 4 heteroatoms. The summed E-state index contributed by atoms with van der Waals surface area (Å²) in [5, 5.41) is 0.430. The van der Waals surface area contributed by atoms with Crippen molar-refractivity contribution in [3.63, 3.8) is 0 Å². The number of rotatable bonds is 4. The van der Waals surface area contributed by atoms with Crippen LogP contribution in [0.25, 0.3) is 0 Å². The van der Waals surface area contributed by atoms with E-state index < -0.39 is 6.36 Å². The molecule has 0 radical (unpaired) electrons. The van der Waals surface area contributed by atoms with E-state index in [0.717, 1.165) is 0 Å². The molecule has 0 amide bonds. The van der Waals surface area contributed by atoms with Gasteiger partial charge in [-0.2, -0.15) is 0 Å². The fourth-order valence-corrected chi connectivity index (χ4v) is 1.27. The van der Waals surface area contributed by atoms with Gasteiger partial charge in [0, 0.05) is 11.4 Å². The standard InChI is InChI=1S/C11H12ClFO2/c1-3-11(13)15-10-5-4-8(12)6-9(10)7(2)14/h4-6,11H,3H2,1-2H3. The summed E-state index contributed by atoms with van der Waals surface area (Å²) in [6.07, 6.45) is -1.16. The molecule has 0 bridgehead atoms. The number of hydrogen-bond acceptors (Lipinski definition) is 2. The van der Waals surface area contributed by atoms with Crippen LogP contribution in [-0.2, 0) is 0 Å². The highest BCUT2D eigenvalue weighted by molar-refractivity contribution is 6.31. The lowest BCUT2D eigenvalue weighted by Crippen LogP contribution is -2.10. The Kier molecular flexibility index (Phi) is 4.09. The predicted molar refractivity (Wildman–Crippen MR) is 57.3 cm³/mol. The van der Waals surface area contributed by atoms with Crippen molar-refractivity contribution in [2.45, 2.75) is 26.6 Å². The maximum Gasteiger partial charge on any atom is 0.238 e. The van der Waals surface area contributed by atoms with Crippen LogP contribution in [0.15, 0.2) is 18.2 Å². The van der Waals surface area contributed by atoms with Crippen molar-refractivity contribution in [3.05, 3.63) is 28.8 Å². The monoisotopic (exact) mass is 230 g/mol. The van der Waals surface area contributed by atoms with E-state index >= 15 is 0 Å². The molecule has 15 heavy (non-hydrogen) atoms. The molecular weight excluding hydrogens is 219 g/mol. The Labute approximate surface area is 93.0 Å². The molecule has 0 saturated carbocycles. The van der Waals surface area contributed by atoms with Crippen LogP contribution < -0.4 is 4.74 Å². The third kappa shape index (κ3) is 3.20. The molecule has 0 saturated heterocycles. The summed E-state index contributed by atoms with van der Waals surface area (Å²) in [4.78, 5) is 11.2. The smallest absolute Gasteiger partial charge is 0.238 e. The summed E-state index contributed by atoms with van der Waals surface area (Å²) in [6.45, 7) is 3.05. The number of ether oxygens (including phenoxy) is 1. The van der Waals surface area contributed by atoms with Gasteiger partial charge in [-0.3, -0.25) is 4.79 Å². The highest BCUT2D eigenvalue weighted by atomic mass is 35.5. The average molecular weight is 231 g/mol. The molecule has 0 aliphatic rings. The summed E-state index contributed by atoms with van der Waals surface area (Å²) in [5.74, 6) is 0.0389. The maximum absolute atomic E-state index is 13.0. The lowest BCUT2D eigenvalue weighted by molar-refractivity contribution is 0.0627. The maximum atomic E-state index is 13.0. The molecule has 0 heterocycles. The van der Waals surface area contributed by atoms with Crippen LogP contribution >= 0.6 is 11.6 Å². The lowest BCUT2D eigenvalue weighted by Gasteiger charge is -2.12. The van der Waals surface area contributed by atoms with Gasteiger partial charge < -0.3 is 4.74 Å². The molecule has 1 unspecified atom stereocenters. The van der Waals surface area contributed by atoms with Crippen LogP contribution in [0.4, 0.5) is 4.39 Å². The van der Waals surface area contributed by atoms with E-state index in [4.69, 9.17) is 16.3 Å². The van der Waals surface area contributed by atoms with Crippen molar-refractivity contribution in [2.24, 2.45) is 0 Å². The first-order chi connectivity index (χ1) is 7.04. The zero-order valence-electron chi connectivity index (χ0n) is 8.59. The van der Waals surface area contributed by atoms with E-state index in [9.17, 15) is 9.18 Å². The third-order valence-corrected chi connectivity index (χ3v) is 2.13. The van der Waals surface area contributed by atoms with Gasteiger partial charge in [0.15, 0.2) is 5.78 Å². The van der Waals surface area contributed by atoms with Crippen LogP contribution in [0.2, 0.25) is 5.02 Å². The minimum atomic E-state index is -1.40. The lowest BCUT2D eigenvalue weighted by atomic mass is 10.1. The largest absolute Gasteiger partial charge is 0.460 e. The predicted octanol–water partition coefficient (Wildman–Crippen LogP) is 3.63. The first kappa shape index (κ1) is 12.0. The first-order valence-electron chi connectivity index (χ1n) is 4.65. The highest BCUT2D eigenvalue weighted by Gasteiger charge is 2.12. The van der Waals surface area contributed by atoms with Gasteiger partial charge in [-0.15, -0.1) is 0 Å². The number of ketones is 1. The Balaban J connectivity index is 3.01. The topological polar surface area (TPSA) is 26.3 Å². The average Bonchev–Trinajstić information content (AvgIpc) is 2.20. The van der Waals surface area contributed by atoms with E-state index in [-0.39, 0.29) is 18.0 Å². The SMILES string of the molecule is CCC(F)Oc1ccc(Cl)cc1C(C)=O. The second-order valence-corrected chi connectivity index (χ2v) is 3.57. The number of carbonyl (C=O) groups excluding carboxylic acids is 1. The van der Waals surface area contributed by atoms with Gasteiger partial charge in [-0.05, 0) is 25.1 Å². The van der Waals surface area contributed by atoms with Crippen molar-refractivity contribution < 1.29 is 13.9 Å². The van der Waals surface area contributed by atoms with E-state index in [1.165, 1.54) is 19.1 Å². The Morgan fingerprint density at radius 2 is 2.27 bits per heavy atom. The zero-order chi connectivity index (χ0) is 11.4. The molecular formula is C11H12ClFO2. The molecule has 0 aliphatic carbocycles. The molecule has 1 aromatic rings. The molecule has 1 atom stereocenters. The number of hydrogen-bond donors (Lipinski definition) is 0. The molecule has 1 rings (SSSR count). The number of carbonyl (C=O) groups is 1. The van der Waals surface area contributed by atoms with Crippen LogP contribution in [0.1, 0.15) is 30.6 Å². The molecule has 0 N–H and O–H groups in total. The van der Waals surface area contributed by atoms with E-state index in [1.807, 2.05) is 0 Å².